The number of furan rings is 1. The van der Waals surface area contributed by atoms with E-state index in [0.29, 0.717) is 29.3 Å². The monoisotopic (exact) mass is 462 g/mol. The number of rotatable bonds is 10. The van der Waals surface area contributed by atoms with E-state index in [9.17, 15) is 14.4 Å². The molecule has 0 aliphatic carbocycles. The van der Waals surface area contributed by atoms with Crippen LogP contribution in [0.5, 0.6) is 0 Å². The number of amides is 3. The van der Waals surface area contributed by atoms with Crippen LogP contribution in [0, 0.1) is 5.92 Å². The maximum atomic E-state index is 12.7. The van der Waals surface area contributed by atoms with Gasteiger partial charge in [0, 0.05) is 10.6 Å². The molecule has 8 nitrogen and oxygen atoms in total. The number of carbonyl (C=O) groups is 3. The van der Waals surface area contributed by atoms with E-state index < -0.39 is 23.8 Å². The zero-order valence-corrected chi connectivity index (χ0v) is 19.7. The number of hydrogen-bond donors (Lipinski definition) is 3. The van der Waals surface area contributed by atoms with Crippen LogP contribution in [0.2, 0.25) is 5.02 Å². The highest BCUT2D eigenvalue weighted by Crippen LogP contribution is 2.13. The first kappa shape index (κ1) is 25.4. The first-order valence-electron chi connectivity index (χ1n) is 10.8. The number of hydrogen-bond acceptors (Lipinski definition) is 5. The Morgan fingerprint density at radius 2 is 1.62 bits per heavy atom. The fourth-order valence-electron chi connectivity index (χ4n) is 3.04. The van der Waals surface area contributed by atoms with Crippen LogP contribution in [0.15, 0.2) is 40.8 Å². The number of carbonyl (C=O) groups excluding carboxylic acids is 3. The van der Waals surface area contributed by atoms with Gasteiger partial charge < -0.3 is 9.73 Å². The van der Waals surface area contributed by atoms with Crippen molar-refractivity contribution in [3.63, 3.8) is 0 Å². The van der Waals surface area contributed by atoms with Gasteiger partial charge in [0.15, 0.2) is 5.76 Å². The molecule has 1 heterocycles. The average molecular weight is 463 g/mol. The van der Waals surface area contributed by atoms with Crippen LogP contribution in [0.4, 0.5) is 0 Å². The zero-order chi connectivity index (χ0) is 23.7. The van der Waals surface area contributed by atoms with Crippen molar-refractivity contribution in [2.24, 2.45) is 5.92 Å². The number of nitrogens with zero attached hydrogens (tertiary/aromatic N) is 1. The van der Waals surface area contributed by atoms with Crippen molar-refractivity contribution in [2.75, 3.05) is 13.1 Å². The summed E-state index contributed by atoms with van der Waals surface area (Å²) in [6.45, 7) is 10.2. The van der Waals surface area contributed by atoms with Crippen LogP contribution in [-0.4, -0.2) is 41.8 Å². The fraction of sp³-hybridized carbons (Fsp3) is 0.435. The first-order chi connectivity index (χ1) is 15.3. The number of halogens is 1. The van der Waals surface area contributed by atoms with Gasteiger partial charge in [-0.25, -0.2) is 0 Å². The van der Waals surface area contributed by atoms with Gasteiger partial charge in [-0.1, -0.05) is 45.7 Å². The molecule has 9 heteroatoms. The van der Waals surface area contributed by atoms with E-state index in [2.05, 4.69) is 34.9 Å². The second kappa shape index (κ2) is 12.3. The van der Waals surface area contributed by atoms with Gasteiger partial charge in [-0.15, -0.1) is 0 Å². The van der Waals surface area contributed by atoms with Crippen molar-refractivity contribution >= 4 is 29.3 Å². The van der Waals surface area contributed by atoms with Crippen molar-refractivity contribution < 1.29 is 18.8 Å². The van der Waals surface area contributed by atoms with Crippen molar-refractivity contribution in [3.05, 3.63) is 58.5 Å². The first-order valence-corrected chi connectivity index (χ1v) is 11.1. The van der Waals surface area contributed by atoms with E-state index in [4.69, 9.17) is 16.0 Å². The molecule has 0 radical (unpaired) electrons. The molecule has 0 aliphatic heterocycles. The highest BCUT2D eigenvalue weighted by molar-refractivity contribution is 6.30. The molecule has 0 aliphatic rings. The van der Waals surface area contributed by atoms with E-state index in [1.807, 2.05) is 13.8 Å². The zero-order valence-electron chi connectivity index (χ0n) is 18.9. The molecule has 0 fully saturated rings. The molecule has 174 valence electrons. The topological polar surface area (TPSA) is 104 Å². The van der Waals surface area contributed by atoms with Gasteiger partial charge in [0.05, 0.1) is 6.54 Å². The Morgan fingerprint density at radius 3 is 2.22 bits per heavy atom. The second-order valence-corrected chi connectivity index (χ2v) is 7.95. The standard InChI is InChI=1S/C23H31ClN4O4/c1-5-15(4)20(25-21(29)16-8-10-17(24)11-9-16)23(31)27-26-22(30)19-13-12-18(32-19)14-28(6-2)7-3/h8-13,15,20H,5-7,14H2,1-4H3,(H,25,29)(H,26,30)(H,27,31). The van der Waals surface area contributed by atoms with E-state index in [1.165, 1.54) is 0 Å². The van der Waals surface area contributed by atoms with Gasteiger partial charge in [0.1, 0.15) is 11.8 Å². The van der Waals surface area contributed by atoms with Crippen LogP contribution in [0.25, 0.3) is 0 Å². The maximum absolute atomic E-state index is 12.7. The normalized spacial score (nSPS) is 12.8. The highest BCUT2D eigenvalue weighted by atomic mass is 35.5. The maximum Gasteiger partial charge on any atom is 0.305 e. The number of nitrogens with one attached hydrogen (secondary N) is 3. The van der Waals surface area contributed by atoms with Crippen LogP contribution in [-0.2, 0) is 11.3 Å². The third-order valence-electron chi connectivity index (χ3n) is 5.35. The van der Waals surface area contributed by atoms with Crippen LogP contribution in [0.1, 0.15) is 60.8 Å². The molecular weight excluding hydrogens is 432 g/mol. The highest BCUT2D eigenvalue weighted by Gasteiger charge is 2.27. The summed E-state index contributed by atoms with van der Waals surface area (Å²) in [7, 11) is 0. The molecule has 0 spiro atoms. The van der Waals surface area contributed by atoms with Crippen LogP contribution in [0.3, 0.4) is 0 Å². The molecule has 2 rings (SSSR count). The third-order valence-corrected chi connectivity index (χ3v) is 5.60. The minimum atomic E-state index is -0.835. The molecule has 32 heavy (non-hydrogen) atoms. The number of benzene rings is 1. The average Bonchev–Trinajstić information content (AvgIpc) is 3.27. The quantitative estimate of drug-likeness (QED) is 0.469. The van der Waals surface area contributed by atoms with Gasteiger partial charge in [-0.3, -0.25) is 30.1 Å². The Labute approximate surface area is 193 Å². The molecule has 2 atom stereocenters. The summed E-state index contributed by atoms with van der Waals surface area (Å²) in [5.74, 6) is -0.899. The minimum Gasteiger partial charge on any atom is -0.454 e. The smallest absolute Gasteiger partial charge is 0.305 e. The lowest BCUT2D eigenvalue weighted by molar-refractivity contribution is -0.124. The summed E-state index contributed by atoms with van der Waals surface area (Å²) in [6.07, 6.45) is 0.653. The number of hydrazine groups is 1. The Hall–Kier alpha value is -2.84. The van der Waals surface area contributed by atoms with E-state index in [0.717, 1.165) is 13.1 Å². The summed E-state index contributed by atoms with van der Waals surface area (Å²) in [6, 6.07) is 8.84. The predicted octanol–water partition coefficient (Wildman–Crippen LogP) is 3.38. The Balaban J connectivity index is 1.98. The molecule has 0 bridgehead atoms. The van der Waals surface area contributed by atoms with E-state index in [-0.39, 0.29) is 11.7 Å². The van der Waals surface area contributed by atoms with Gasteiger partial charge in [-0.2, -0.15) is 0 Å². The van der Waals surface area contributed by atoms with Crippen molar-refractivity contribution in [1.29, 1.82) is 0 Å². The molecule has 0 saturated heterocycles. The molecule has 3 N–H and O–H groups in total. The molecule has 0 saturated carbocycles. The van der Waals surface area contributed by atoms with Gasteiger partial charge in [0.25, 0.3) is 11.8 Å². The summed E-state index contributed by atoms with van der Waals surface area (Å²) < 4.78 is 5.59. The largest absolute Gasteiger partial charge is 0.454 e. The molecular formula is C23H31ClN4O4. The van der Waals surface area contributed by atoms with Gasteiger partial charge in [0.2, 0.25) is 0 Å². The lowest BCUT2D eigenvalue weighted by Crippen LogP contribution is -2.54. The third kappa shape index (κ3) is 7.10. The molecule has 1 aromatic carbocycles. The second-order valence-electron chi connectivity index (χ2n) is 7.51. The summed E-state index contributed by atoms with van der Waals surface area (Å²) >= 11 is 5.86. The minimum absolute atomic E-state index is 0.0951. The Bertz CT molecular complexity index is 909. The van der Waals surface area contributed by atoms with E-state index >= 15 is 0 Å². The summed E-state index contributed by atoms with van der Waals surface area (Å²) in [5, 5.41) is 3.24. The lowest BCUT2D eigenvalue weighted by atomic mass is 9.98. The summed E-state index contributed by atoms with van der Waals surface area (Å²) in [4.78, 5) is 39.8. The molecule has 3 amide bonds. The molecule has 2 unspecified atom stereocenters. The van der Waals surface area contributed by atoms with Crippen LogP contribution < -0.4 is 16.2 Å². The van der Waals surface area contributed by atoms with E-state index in [1.54, 1.807) is 36.4 Å². The van der Waals surface area contributed by atoms with Gasteiger partial charge >= 0.3 is 5.91 Å². The SMILES string of the molecule is CCC(C)C(NC(=O)c1ccc(Cl)cc1)C(=O)NNC(=O)c1ccc(CN(CC)CC)o1. The van der Waals surface area contributed by atoms with Gasteiger partial charge in [-0.05, 0) is 55.4 Å². The van der Waals surface area contributed by atoms with Crippen molar-refractivity contribution in [3.8, 4) is 0 Å². The Kier molecular flexibility index (Phi) is 9.74. The molecule has 2 aromatic rings. The van der Waals surface area contributed by atoms with Crippen molar-refractivity contribution in [1.82, 2.24) is 21.1 Å². The summed E-state index contributed by atoms with van der Waals surface area (Å²) in [5.41, 5.74) is 5.13. The lowest BCUT2D eigenvalue weighted by Gasteiger charge is -2.23. The fourth-order valence-corrected chi connectivity index (χ4v) is 3.16. The van der Waals surface area contributed by atoms with Crippen LogP contribution >= 0.6 is 11.6 Å². The predicted molar refractivity (Wildman–Crippen MR) is 123 cm³/mol. The Morgan fingerprint density at radius 1 is 0.969 bits per heavy atom. The van der Waals surface area contributed by atoms with Crippen molar-refractivity contribution in [2.45, 2.75) is 46.7 Å². The molecule has 1 aromatic heterocycles.